The molecule has 0 aliphatic heterocycles. The predicted octanol–water partition coefficient (Wildman–Crippen LogP) is 5.56. The van der Waals surface area contributed by atoms with Crippen molar-refractivity contribution in [3.8, 4) is 0 Å². The lowest BCUT2D eigenvalue weighted by molar-refractivity contribution is 0.759. The Morgan fingerprint density at radius 3 is 1.82 bits per heavy atom. The van der Waals surface area contributed by atoms with Gasteiger partial charge in [-0.3, -0.25) is 0 Å². The molecule has 2 aromatic carbocycles. The predicted molar refractivity (Wildman–Crippen MR) is 80.4 cm³/mol. The van der Waals surface area contributed by atoms with Crippen molar-refractivity contribution in [2.24, 2.45) is 0 Å². The Morgan fingerprint density at radius 1 is 0.824 bits per heavy atom. The Bertz CT molecular complexity index is 471. The fourth-order valence-corrected chi connectivity index (χ4v) is 2.41. The lowest BCUT2D eigenvalue weighted by Crippen LogP contribution is -1.98. The van der Waals surface area contributed by atoms with E-state index in [1.165, 1.54) is 11.1 Å². The molecule has 1 atom stereocenters. The third-order valence-electron chi connectivity index (χ3n) is 2.89. The second-order valence-electron chi connectivity index (χ2n) is 4.28. The van der Waals surface area contributed by atoms with Crippen LogP contribution in [0.5, 0.6) is 0 Å². The molecular formula is C15H14Br2. The highest BCUT2D eigenvalue weighted by atomic mass is 79.9. The summed E-state index contributed by atoms with van der Waals surface area (Å²) in [5.41, 5.74) is 2.76. The van der Waals surface area contributed by atoms with Gasteiger partial charge in [-0.05, 0) is 47.7 Å². The van der Waals surface area contributed by atoms with E-state index in [1.807, 2.05) is 0 Å². The number of rotatable bonds is 3. The average molecular weight is 354 g/mol. The Labute approximate surface area is 119 Å². The van der Waals surface area contributed by atoms with Crippen molar-refractivity contribution in [3.63, 3.8) is 0 Å². The molecule has 0 saturated heterocycles. The molecule has 0 aliphatic carbocycles. The summed E-state index contributed by atoms with van der Waals surface area (Å²) < 4.78 is 2.27. The van der Waals surface area contributed by atoms with Gasteiger partial charge in [0.25, 0.3) is 0 Å². The second-order valence-corrected chi connectivity index (χ2v) is 6.11. The lowest BCUT2D eigenvalue weighted by Gasteiger charge is -2.12. The van der Waals surface area contributed by atoms with Crippen LogP contribution in [-0.4, -0.2) is 0 Å². The molecule has 2 aromatic rings. The van der Waals surface area contributed by atoms with Crippen molar-refractivity contribution in [2.75, 3.05) is 0 Å². The van der Waals surface area contributed by atoms with Gasteiger partial charge in [-0.25, -0.2) is 0 Å². The highest BCUT2D eigenvalue weighted by Gasteiger charge is 2.06. The molecule has 1 unspecified atom stereocenters. The molecule has 0 radical (unpaired) electrons. The standard InChI is InChI=1S/C15H14Br2/c1-11(13-4-8-15(17)9-5-13)10-12-2-6-14(16)7-3-12/h2-9,11H,10H2,1H3. The van der Waals surface area contributed by atoms with Crippen molar-refractivity contribution in [3.05, 3.63) is 68.6 Å². The highest BCUT2D eigenvalue weighted by molar-refractivity contribution is 9.10. The van der Waals surface area contributed by atoms with E-state index < -0.39 is 0 Å². The number of halogens is 2. The van der Waals surface area contributed by atoms with Gasteiger partial charge < -0.3 is 0 Å². The van der Waals surface area contributed by atoms with Crippen LogP contribution in [0.25, 0.3) is 0 Å². The zero-order valence-corrected chi connectivity index (χ0v) is 12.8. The minimum Gasteiger partial charge on any atom is -0.0581 e. The Hall–Kier alpha value is -0.600. The summed E-state index contributed by atoms with van der Waals surface area (Å²) in [5.74, 6) is 0.546. The average Bonchev–Trinajstić information content (AvgIpc) is 2.33. The van der Waals surface area contributed by atoms with Crippen LogP contribution in [0.15, 0.2) is 57.5 Å². The van der Waals surface area contributed by atoms with Gasteiger partial charge >= 0.3 is 0 Å². The van der Waals surface area contributed by atoms with Gasteiger partial charge in [0.15, 0.2) is 0 Å². The van der Waals surface area contributed by atoms with Gasteiger partial charge in [0.1, 0.15) is 0 Å². The maximum absolute atomic E-state index is 3.46. The topological polar surface area (TPSA) is 0 Å². The first kappa shape index (κ1) is 12.8. The van der Waals surface area contributed by atoms with Crippen molar-refractivity contribution < 1.29 is 0 Å². The maximum atomic E-state index is 3.46. The number of benzene rings is 2. The molecule has 0 heterocycles. The summed E-state index contributed by atoms with van der Waals surface area (Å²) in [6.07, 6.45) is 1.08. The van der Waals surface area contributed by atoms with E-state index in [9.17, 15) is 0 Å². The zero-order chi connectivity index (χ0) is 12.3. The minimum atomic E-state index is 0.546. The molecule has 17 heavy (non-hydrogen) atoms. The summed E-state index contributed by atoms with van der Waals surface area (Å²) in [5, 5.41) is 0. The van der Waals surface area contributed by atoms with Crippen LogP contribution in [0.4, 0.5) is 0 Å². The molecule has 0 bridgehead atoms. The van der Waals surface area contributed by atoms with Crippen LogP contribution in [0.1, 0.15) is 24.0 Å². The first-order valence-electron chi connectivity index (χ1n) is 5.65. The fraction of sp³-hybridized carbons (Fsp3) is 0.200. The van der Waals surface area contributed by atoms with Gasteiger partial charge in [-0.1, -0.05) is 63.0 Å². The smallest absolute Gasteiger partial charge is 0.0175 e. The second kappa shape index (κ2) is 5.83. The van der Waals surface area contributed by atoms with E-state index in [1.54, 1.807) is 0 Å². The first-order valence-corrected chi connectivity index (χ1v) is 7.23. The minimum absolute atomic E-state index is 0.546. The summed E-state index contributed by atoms with van der Waals surface area (Å²) in [6, 6.07) is 17.1. The molecule has 2 rings (SSSR count). The van der Waals surface area contributed by atoms with Crippen molar-refractivity contribution in [1.82, 2.24) is 0 Å². The molecule has 0 fully saturated rings. The van der Waals surface area contributed by atoms with Gasteiger partial charge in [0.05, 0.1) is 0 Å². The van der Waals surface area contributed by atoms with Crippen LogP contribution in [0.3, 0.4) is 0 Å². The van der Waals surface area contributed by atoms with E-state index in [4.69, 9.17) is 0 Å². The molecule has 0 amide bonds. The fourth-order valence-electron chi connectivity index (χ4n) is 1.88. The molecule has 0 N–H and O–H groups in total. The largest absolute Gasteiger partial charge is 0.0581 e. The molecule has 2 heteroatoms. The van der Waals surface area contributed by atoms with Gasteiger partial charge in [0, 0.05) is 8.95 Å². The maximum Gasteiger partial charge on any atom is 0.0175 e. The van der Waals surface area contributed by atoms with Crippen LogP contribution in [0.2, 0.25) is 0 Å². The molecule has 0 aliphatic rings. The van der Waals surface area contributed by atoms with Crippen LogP contribution < -0.4 is 0 Å². The van der Waals surface area contributed by atoms with Crippen molar-refractivity contribution >= 4 is 31.9 Å². The van der Waals surface area contributed by atoms with E-state index in [2.05, 4.69) is 87.3 Å². The molecule has 0 aromatic heterocycles. The van der Waals surface area contributed by atoms with Crippen molar-refractivity contribution in [2.45, 2.75) is 19.3 Å². The summed E-state index contributed by atoms with van der Waals surface area (Å²) in [4.78, 5) is 0. The van der Waals surface area contributed by atoms with Crippen LogP contribution in [0, 0.1) is 0 Å². The van der Waals surface area contributed by atoms with E-state index in [0.29, 0.717) is 5.92 Å². The van der Waals surface area contributed by atoms with Gasteiger partial charge in [-0.2, -0.15) is 0 Å². The third-order valence-corrected chi connectivity index (χ3v) is 3.95. The quantitative estimate of drug-likeness (QED) is 0.677. The Morgan fingerprint density at radius 2 is 1.29 bits per heavy atom. The zero-order valence-electron chi connectivity index (χ0n) is 9.66. The SMILES string of the molecule is CC(Cc1ccc(Br)cc1)c1ccc(Br)cc1. The van der Waals surface area contributed by atoms with E-state index >= 15 is 0 Å². The Kier molecular flexibility index (Phi) is 4.41. The van der Waals surface area contributed by atoms with E-state index in [0.717, 1.165) is 15.4 Å². The van der Waals surface area contributed by atoms with Gasteiger partial charge in [-0.15, -0.1) is 0 Å². The van der Waals surface area contributed by atoms with Crippen LogP contribution >= 0.6 is 31.9 Å². The normalized spacial score (nSPS) is 12.4. The third kappa shape index (κ3) is 3.68. The van der Waals surface area contributed by atoms with Crippen LogP contribution in [-0.2, 0) is 6.42 Å². The lowest BCUT2D eigenvalue weighted by atomic mass is 9.94. The molecule has 88 valence electrons. The molecule has 0 spiro atoms. The van der Waals surface area contributed by atoms with E-state index in [-0.39, 0.29) is 0 Å². The molecular weight excluding hydrogens is 340 g/mol. The van der Waals surface area contributed by atoms with Gasteiger partial charge in [0.2, 0.25) is 0 Å². The Balaban J connectivity index is 2.08. The first-order chi connectivity index (χ1) is 8.15. The molecule has 0 nitrogen and oxygen atoms in total. The summed E-state index contributed by atoms with van der Waals surface area (Å²) >= 11 is 6.92. The number of hydrogen-bond acceptors (Lipinski definition) is 0. The monoisotopic (exact) mass is 352 g/mol. The number of hydrogen-bond donors (Lipinski definition) is 0. The summed E-state index contributed by atoms with van der Waals surface area (Å²) in [7, 11) is 0. The summed E-state index contributed by atoms with van der Waals surface area (Å²) in [6.45, 7) is 2.27. The highest BCUT2D eigenvalue weighted by Crippen LogP contribution is 2.23. The van der Waals surface area contributed by atoms with Crippen molar-refractivity contribution in [1.29, 1.82) is 0 Å². The molecule has 0 saturated carbocycles.